The molecule has 0 spiro atoms. The maximum atomic E-state index is 12.7. The predicted molar refractivity (Wildman–Crippen MR) is 140 cm³/mol. The van der Waals surface area contributed by atoms with Crippen LogP contribution in [0.15, 0.2) is 41.2 Å². The van der Waals surface area contributed by atoms with Gasteiger partial charge in [0.25, 0.3) is 11.5 Å². The summed E-state index contributed by atoms with van der Waals surface area (Å²) in [6, 6.07) is 9.29. The SMILES string of the molecule is C#CCN(Cc1cc2c(=O)[nH]c(C)nc2cc1C)c1ccc(C(=O)N[C@@H](CCc2nn[nH]n2)C(=O)O)cc1. The van der Waals surface area contributed by atoms with Crippen molar-refractivity contribution in [3.8, 4) is 12.3 Å². The fraction of sp³-hybridized carbons (Fsp3) is 0.269. The van der Waals surface area contributed by atoms with Crippen LogP contribution >= 0.6 is 0 Å². The lowest BCUT2D eigenvalue weighted by molar-refractivity contribution is -0.139. The molecule has 0 radical (unpaired) electrons. The van der Waals surface area contributed by atoms with E-state index < -0.39 is 17.9 Å². The van der Waals surface area contributed by atoms with Crippen LogP contribution in [0.1, 0.15) is 39.6 Å². The number of fused-ring (bicyclic) bond motifs is 1. The monoisotopic (exact) mass is 514 g/mol. The van der Waals surface area contributed by atoms with E-state index in [-0.39, 0.29) is 18.4 Å². The number of rotatable bonds is 10. The molecule has 0 aliphatic heterocycles. The number of carbonyl (C=O) groups is 2. The Morgan fingerprint density at radius 2 is 1.97 bits per heavy atom. The van der Waals surface area contributed by atoms with E-state index in [0.717, 1.165) is 16.8 Å². The quantitative estimate of drug-likeness (QED) is 0.229. The summed E-state index contributed by atoms with van der Waals surface area (Å²) in [7, 11) is 0. The number of carboxylic acid groups (broad SMARTS) is 1. The number of terminal acetylenes is 1. The zero-order chi connectivity index (χ0) is 27.2. The van der Waals surface area contributed by atoms with Gasteiger partial charge < -0.3 is 20.3 Å². The van der Waals surface area contributed by atoms with Crippen molar-refractivity contribution in [1.29, 1.82) is 0 Å². The summed E-state index contributed by atoms with van der Waals surface area (Å²) in [5.74, 6) is 1.88. The lowest BCUT2D eigenvalue weighted by Gasteiger charge is -2.24. The number of nitrogens with zero attached hydrogens (tertiary/aromatic N) is 5. The third-order valence-electron chi connectivity index (χ3n) is 6.07. The lowest BCUT2D eigenvalue weighted by atomic mass is 10.0. The number of aryl methyl sites for hydroxylation is 3. The first-order valence-electron chi connectivity index (χ1n) is 11.8. The van der Waals surface area contributed by atoms with Gasteiger partial charge in [-0.3, -0.25) is 9.59 Å². The number of H-pyrrole nitrogens is 2. The highest BCUT2D eigenvalue weighted by atomic mass is 16.4. The molecule has 2 aromatic carbocycles. The molecule has 38 heavy (non-hydrogen) atoms. The Kier molecular flexibility index (Phi) is 7.77. The van der Waals surface area contributed by atoms with Gasteiger partial charge in [-0.1, -0.05) is 11.1 Å². The molecule has 4 aromatic rings. The van der Waals surface area contributed by atoms with E-state index in [9.17, 15) is 19.5 Å². The third kappa shape index (κ3) is 6.01. The van der Waals surface area contributed by atoms with Crippen molar-refractivity contribution in [3.63, 3.8) is 0 Å². The summed E-state index contributed by atoms with van der Waals surface area (Å²) < 4.78 is 0. The zero-order valence-electron chi connectivity index (χ0n) is 20.9. The largest absolute Gasteiger partial charge is 0.480 e. The van der Waals surface area contributed by atoms with Gasteiger partial charge >= 0.3 is 5.97 Å². The molecule has 0 fully saturated rings. The van der Waals surface area contributed by atoms with Crippen LogP contribution in [-0.2, 0) is 17.8 Å². The number of aliphatic carboxylic acids is 1. The molecule has 2 heterocycles. The molecular weight excluding hydrogens is 488 g/mol. The number of carbonyl (C=O) groups excluding carboxylic acids is 1. The summed E-state index contributed by atoms with van der Waals surface area (Å²) in [5.41, 5.74) is 3.37. The second kappa shape index (κ2) is 11.3. The number of tetrazole rings is 1. The molecule has 12 nitrogen and oxygen atoms in total. The Morgan fingerprint density at radius 3 is 2.63 bits per heavy atom. The van der Waals surface area contributed by atoms with E-state index in [1.807, 2.05) is 24.0 Å². The van der Waals surface area contributed by atoms with Crippen LogP contribution in [0.2, 0.25) is 0 Å². The van der Waals surface area contributed by atoms with Crippen LogP contribution in [-0.4, -0.2) is 60.2 Å². The third-order valence-corrected chi connectivity index (χ3v) is 6.07. The van der Waals surface area contributed by atoms with Gasteiger partial charge in [0.05, 0.1) is 17.4 Å². The Morgan fingerprint density at radius 1 is 1.21 bits per heavy atom. The Hall–Kier alpha value is -5.05. The van der Waals surface area contributed by atoms with Crippen molar-refractivity contribution >= 4 is 28.5 Å². The minimum absolute atomic E-state index is 0.109. The molecule has 4 rings (SSSR count). The minimum Gasteiger partial charge on any atom is -0.480 e. The molecule has 0 bridgehead atoms. The van der Waals surface area contributed by atoms with Crippen molar-refractivity contribution in [2.45, 2.75) is 39.3 Å². The van der Waals surface area contributed by atoms with Gasteiger partial charge in [-0.05, 0) is 67.8 Å². The van der Waals surface area contributed by atoms with E-state index >= 15 is 0 Å². The second-order valence-electron chi connectivity index (χ2n) is 8.79. The molecule has 0 saturated heterocycles. The maximum Gasteiger partial charge on any atom is 0.326 e. The summed E-state index contributed by atoms with van der Waals surface area (Å²) >= 11 is 0. The van der Waals surface area contributed by atoms with E-state index in [1.54, 1.807) is 31.2 Å². The van der Waals surface area contributed by atoms with Crippen LogP contribution in [0, 0.1) is 26.2 Å². The summed E-state index contributed by atoms with van der Waals surface area (Å²) in [6.45, 7) is 4.41. The Labute approximate surface area is 217 Å². The molecular formula is C26H26N8O4. The highest BCUT2D eigenvalue weighted by molar-refractivity contribution is 5.96. The average Bonchev–Trinajstić information content (AvgIpc) is 3.40. The van der Waals surface area contributed by atoms with Crippen molar-refractivity contribution in [2.24, 2.45) is 0 Å². The number of benzene rings is 2. The number of aromatic nitrogens is 6. The number of aromatic amines is 2. The standard InChI is InChI=1S/C26H26N8O4/c1-4-11-34(14-18-13-20-22(12-15(18)2)27-16(3)28-25(20)36)19-7-5-17(6-8-19)24(35)29-21(26(37)38)9-10-23-30-32-33-31-23/h1,5-8,12-13,21H,9-11,14H2,2-3H3,(H,29,35)(H,37,38)(H,27,28,36)(H,30,31,32,33)/t21-/m0/s1. The number of anilines is 1. The van der Waals surface area contributed by atoms with E-state index in [1.165, 1.54) is 0 Å². The van der Waals surface area contributed by atoms with Crippen LogP contribution in [0.4, 0.5) is 5.69 Å². The fourth-order valence-electron chi connectivity index (χ4n) is 4.06. The van der Waals surface area contributed by atoms with Crippen molar-refractivity contribution in [2.75, 3.05) is 11.4 Å². The van der Waals surface area contributed by atoms with Crippen LogP contribution in [0.25, 0.3) is 10.9 Å². The first kappa shape index (κ1) is 26.0. The van der Waals surface area contributed by atoms with E-state index in [0.29, 0.717) is 41.2 Å². The van der Waals surface area contributed by atoms with E-state index in [4.69, 9.17) is 6.42 Å². The minimum atomic E-state index is -1.16. The Balaban J connectivity index is 1.49. The second-order valence-corrected chi connectivity index (χ2v) is 8.79. The number of hydrogen-bond acceptors (Lipinski definition) is 8. The molecule has 0 aliphatic carbocycles. The van der Waals surface area contributed by atoms with Crippen molar-refractivity contribution < 1.29 is 14.7 Å². The molecule has 194 valence electrons. The molecule has 1 atom stereocenters. The normalized spacial score (nSPS) is 11.6. The fourth-order valence-corrected chi connectivity index (χ4v) is 4.06. The summed E-state index contributed by atoms with van der Waals surface area (Å²) in [5, 5.41) is 25.9. The highest BCUT2D eigenvalue weighted by Gasteiger charge is 2.21. The number of nitrogens with one attached hydrogen (secondary N) is 3. The maximum absolute atomic E-state index is 12.7. The molecule has 0 unspecified atom stereocenters. The smallest absolute Gasteiger partial charge is 0.326 e. The number of carboxylic acids is 1. The van der Waals surface area contributed by atoms with Gasteiger partial charge in [0, 0.05) is 24.2 Å². The van der Waals surface area contributed by atoms with Crippen molar-refractivity contribution in [1.82, 2.24) is 35.9 Å². The predicted octanol–water partition coefficient (Wildman–Crippen LogP) is 1.51. The van der Waals surface area contributed by atoms with Gasteiger partial charge in [-0.2, -0.15) is 5.21 Å². The molecule has 4 N–H and O–H groups in total. The molecule has 12 heteroatoms. The van der Waals surface area contributed by atoms with Gasteiger partial charge in [-0.25, -0.2) is 9.78 Å². The van der Waals surface area contributed by atoms with Crippen LogP contribution in [0.5, 0.6) is 0 Å². The summed E-state index contributed by atoms with van der Waals surface area (Å²) in [6.07, 6.45) is 5.97. The first-order valence-corrected chi connectivity index (χ1v) is 11.8. The topological polar surface area (TPSA) is 170 Å². The van der Waals surface area contributed by atoms with Gasteiger partial charge in [0.2, 0.25) is 0 Å². The lowest BCUT2D eigenvalue weighted by Crippen LogP contribution is -2.41. The van der Waals surface area contributed by atoms with Gasteiger partial charge in [0.15, 0.2) is 5.82 Å². The first-order chi connectivity index (χ1) is 18.2. The highest BCUT2D eigenvalue weighted by Crippen LogP contribution is 2.22. The van der Waals surface area contributed by atoms with Crippen molar-refractivity contribution in [3.05, 3.63) is 75.1 Å². The molecule has 0 aliphatic rings. The van der Waals surface area contributed by atoms with Crippen LogP contribution < -0.4 is 15.8 Å². The zero-order valence-corrected chi connectivity index (χ0v) is 20.9. The van der Waals surface area contributed by atoms with Gasteiger partial charge in [0.1, 0.15) is 11.9 Å². The molecule has 0 saturated carbocycles. The van der Waals surface area contributed by atoms with Gasteiger partial charge in [-0.15, -0.1) is 16.6 Å². The average molecular weight is 515 g/mol. The van der Waals surface area contributed by atoms with Crippen LogP contribution in [0.3, 0.4) is 0 Å². The number of amides is 1. The number of hydrogen-bond donors (Lipinski definition) is 4. The Bertz CT molecular complexity index is 1560. The molecule has 1 amide bonds. The summed E-state index contributed by atoms with van der Waals surface area (Å²) in [4.78, 5) is 45.9. The van der Waals surface area contributed by atoms with E-state index in [2.05, 4.69) is 41.8 Å². The molecule has 2 aromatic heterocycles.